The maximum atomic E-state index is 14.8. The number of imide groups is 1. The van der Waals surface area contributed by atoms with Crippen molar-refractivity contribution in [3.63, 3.8) is 0 Å². The molecule has 0 aromatic heterocycles. The van der Waals surface area contributed by atoms with Gasteiger partial charge >= 0.3 is 5.97 Å². The lowest BCUT2D eigenvalue weighted by Crippen LogP contribution is -2.62. The number of β-amino-alcohol motifs (C(OH)–C–C–N with tert-alkyl or cyclic N) is 1. The molecule has 0 radical (unpaired) electrons. The summed E-state index contributed by atoms with van der Waals surface area (Å²) in [4.78, 5) is 202. The van der Waals surface area contributed by atoms with E-state index in [0.717, 1.165) is 16.7 Å². The number of hydrogen-bond acceptors (Lipinski definition) is 21. The number of nitrogens with zero attached hydrogens (tertiary/aromatic N) is 3. The fourth-order valence-corrected chi connectivity index (χ4v) is 14.2. The number of unbranched alkanes of at least 4 members (excludes halogenated alkanes) is 5. The minimum absolute atomic E-state index is 0.00242. The molecular formula is C74H140N20O19S+4. The van der Waals surface area contributed by atoms with E-state index in [1.807, 2.05) is 0 Å². The van der Waals surface area contributed by atoms with Crippen LogP contribution in [0, 0.1) is 29.6 Å². The molecule has 12 unspecified atom stereocenters. The van der Waals surface area contributed by atoms with Crippen molar-refractivity contribution in [2.24, 2.45) is 46.0 Å². The number of piperidine rings is 1. The first kappa shape index (κ1) is 102. The summed E-state index contributed by atoms with van der Waals surface area (Å²) in [5, 5.41) is 79.6. The highest BCUT2D eigenvalue weighted by molar-refractivity contribution is 8.00. The van der Waals surface area contributed by atoms with Crippen LogP contribution >= 0.6 is 11.8 Å². The van der Waals surface area contributed by atoms with Gasteiger partial charge in [0.2, 0.25) is 76.8 Å². The fraction of sp³-hybridized carbons (Fsp3) is 0.797. The van der Waals surface area contributed by atoms with Crippen molar-refractivity contribution in [2.45, 2.75) is 281 Å². The Kier molecular flexibility index (Phi) is 47.8. The normalized spacial score (nSPS) is 19.4. The molecule has 0 bridgehead atoms. The van der Waals surface area contributed by atoms with Gasteiger partial charge in [0.15, 0.2) is 5.96 Å². The molecule has 39 nitrogen and oxygen atoms in total. The van der Waals surface area contributed by atoms with Crippen LogP contribution in [-0.2, 0) is 67.1 Å². The number of nitrogens with one attached hydrogen (secondary N) is 11. The van der Waals surface area contributed by atoms with Crippen LogP contribution in [0.1, 0.15) is 185 Å². The second kappa shape index (κ2) is 53.3. The van der Waals surface area contributed by atoms with Crippen LogP contribution in [0.2, 0.25) is 0 Å². The minimum atomic E-state index is -1.61. The van der Waals surface area contributed by atoms with Crippen molar-refractivity contribution >= 4 is 100 Å². The average molecular weight is 1650 g/mol. The lowest BCUT2D eigenvalue weighted by Gasteiger charge is -2.43. The quantitative estimate of drug-likeness (QED) is 0.0116. The number of aliphatic carboxylic acids is 1. The van der Waals surface area contributed by atoms with Crippen molar-refractivity contribution in [1.82, 2.24) is 68.3 Å². The molecule has 0 aromatic rings. The molecule has 2 heterocycles. The number of hydrogen-bond donors (Lipinski definition) is 22. The highest BCUT2D eigenvalue weighted by Gasteiger charge is 2.44. The van der Waals surface area contributed by atoms with E-state index in [0.29, 0.717) is 90.4 Å². The summed E-state index contributed by atoms with van der Waals surface area (Å²) in [7, 11) is 0. The topological polar surface area (TPSA) is 654 Å². The Hall–Kier alpha value is -7.96. The highest BCUT2D eigenvalue weighted by Crippen LogP contribution is 2.27. The summed E-state index contributed by atoms with van der Waals surface area (Å²) in [5.41, 5.74) is 26.9. The number of likely N-dealkylation sites (tertiary alicyclic amines) is 2. The van der Waals surface area contributed by atoms with Crippen LogP contribution in [0.15, 0.2) is 4.99 Å². The van der Waals surface area contributed by atoms with Crippen LogP contribution in [0.3, 0.4) is 0 Å². The van der Waals surface area contributed by atoms with Gasteiger partial charge in [-0.25, -0.2) is 4.79 Å². The molecule has 652 valence electrons. The number of rotatable bonds is 56. The molecule has 0 aromatic carbocycles. The highest BCUT2D eigenvalue weighted by atomic mass is 32.2. The van der Waals surface area contributed by atoms with Crippen LogP contribution < -0.4 is 92.9 Å². The van der Waals surface area contributed by atoms with Crippen LogP contribution in [0.5, 0.6) is 0 Å². The predicted octanol–water partition coefficient (Wildman–Crippen LogP) is -8.19. The maximum Gasteiger partial charge on any atom is 0.327 e. The lowest BCUT2D eigenvalue weighted by molar-refractivity contribution is -0.369. The molecule has 13 amide bonds. The number of aliphatic hydroxyl groups is 4. The summed E-state index contributed by atoms with van der Waals surface area (Å²) >= 11 is 0.853. The predicted molar refractivity (Wildman–Crippen MR) is 422 cm³/mol. The van der Waals surface area contributed by atoms with Gasteiger partial charge in [-0.05, 0) is 139 Å². The Balaban J connectivity index is 2.44. The van der Waals surface area contributed by atoms with Crippen LogP contribution in [0.25, 0.3) is 0 Å². The van der Waals surface area contributed by atoms with Gasteiger partial charge in [-0.1, -0.05) is 69.2 Å². The van der Waals surface area contributed by atoms with Gasteiger partial charge in [0.25, 0.3) is 0 Å². The summed E-state index contributed by atoms with van der Waals surface area (Å²) < 4.78 is 0. The molecule has 0 saturated carbocycles. The number of aliphatic hydroxyl groups excluding tert-OH is 4. The first-order valence-electron chi connectivity index (χ1n) is 40.3. The Morgan fingerprint density at radius 2 is 0.763 bits per heavy atom. The Bertz CT molecular complexity index is 3130. The van der Waals surface area contributed by atoms with Gasteiger partial charge in [0.05, 0.1) is 50.2 Å². The summed E-state index contributed by atoms with van der Waals surface area (Å²) in [6, 6.07) is -15.2. The molecular weight excluding hydrogens is 1510 g/mol. The number of aliphatic imine (C=N–C) groups is 1. The van der Waals surface area contributed by atoms with Crippen molar-refractivity contribution < 1.29 is 116 Å². The molecule has 32 N–H and O–H groups in total. The SMILES string of the molecule is CC(=O)NC(C(=O)NC(C(=O)NC(C(=O)NC(CCCC[NH3+])C(=O)NC(CCCC[NH3+])C(=O)NC(CCCC[NH3+])C(=O)NC(CCCN=C(N)N)C(=O)NC(CCCC[NH3+])C(=O)NC(C(=O)NC(C(=O)NC(CSC1CC(=O)N(CCCCN2C[C@@H](O)[C@@H](O)[C@H](O)[C@H]2CO)C1=O)C(=O)O)C(C)C)C(C)C)C(C)C)C(C)C)C(C)C. The van der Waals surface area contributed by atoms with Gasteiger partial charge in [0, 0.05) is 38.7 Å². The summed E-state index contributed by atoms with van der Waals surface area (Å²) in [6.07, 6.45) is 0.192. The fourth-order valence-electron chi connectivity index (χ4n) is 13.1. The number of carbonyl (C=O) groups is 14. The van der Waals surface area contributed by atoms with E-state index < -0.39 is 209 Å². The zero-order valence-corrected chi connectivity index (χ0v) is 69.7. The monoisotopic (exact) mass is 1650 g/mol. The van der Waals surface area contributed by atoms with Gasteiger partial charge in [-0.15, -0.1) is 11.8 Å². The second-order valence-corrected chi connectivity index (χ2v) is 32.5. The number of carbonyl (C=O) groups excluding carboxylic acids is 13. The third-order valence-electron chi connectivity index (χ3n) is 20.0. The van der Waals surface area contributed by atoms with Gasteiger partial charge in [0.1, 0.15) is 78.7 Å². The molecule has 0 spiro atoms. The van der Waals surface area contributed by atoms with Gasteiger partial charge in [-0.2, -0.15) is 0 Å². The Labute approximate surface area is 673 Å². The third-order valence-corrected chi connectivity index (χ3v) is 21.2. The van der Waals surface area contributed by atoms with Crippen molar-refractivity contribution in [3.05, 3.63) is 0 Å². The molecule has 2 aliphatic heterocycles. The maximum absolute atomic E-state index is 14.8. The first-order valence-corrected chi connectivity index (χ1v) is 41.4. The number of carboxylic acids is 1. The number of amides is 13. The van der Waals surface area contributed by atoms with E-state index in [1.165, 1.54) is 6.92 Å². The second-order valence-electron chi connectivity index (χ2n) is 31.3. The molecule has 2 fully saturated rings. The number of quaternary nitrogens is 4. The number of guanidine groups is 1. The Morgan fingerprint density at radius 3 is 1.10 bits per heavy atom. The van der Waals surface area contributed by atoms with Gasteiger partial charge in [-0.3, -0.25) is 77.1 Å². The average Bonchev–Trinajstić information content (AvgIpc) is 1.24. The largest absolute Gasteiger partial charge is 0.480 e. The van der Waals surface area contributed by atoms with Crippen LogP contribution in [0.4, 0.5) is 0 Å². The van der Waals surface area contributed by atoms with E-state index in [4.69, 9.17) is 11.5 Å². The van der Waals surface area contributed by atoms with E-state index in [9.17, 15) is 92.7 Å². The van der Waals surface area contributed by atoms with E-state index >= 15 is 0 Å². The zero-order chi connectivity index (χ0) is 86.2. The van der Waals surface area contributed by atoms with E-state index in [1.54, 1.807) is 74.1 Å². The molecule has 40 heteroatoms. The van der Waals surface area contributed by atoms with Crippen molar-refractivity contribution in [2.75, 3.05) is 64.7 Å². The molecule has 16 atom stereocenters. The van der Waals surface area contributed by atoms with Gasteiger partial charge < -0.3 is 118 Å². The third kappa shape index (κ3) is 35.2. The minimum Gasteiger partial charge on any atom is -0.480 e. The Morgan fingerprint density at radius 1 is 0.447 bits per heavy atom. The molecule has 2 rings (SSSR count). The molecule has 2 saturated heterocycles. The van der Waals surface area contributed by atoms with Crippen molar-refractivity contribution in [3.8, 4) is 0 Å². The summed E-state index contributed by atoms with van der Waals surface area (Å²) in [5.74, 6) is -14.1. The first-order chi connectivity index (χ1) is 53.7. The molecule has 2 aliphatic rings. The zero-order valence-electron chi connectivity index (χ0n) is 68.9. The van der Waals surface area contributed by atoms with E-state index in [-0.39, 0.29) is 88.8 Å². The standard InChI is InChI=1S/C74H136N20O19S/c1-39(2)55(82-44(11)96)69(108)92-59(43(9)10)71(110)90-56(40(3)4)67(106)87-47(25-14-18-30-77)64(103)84-45(23-12-16-28-75)62(101)83-46(24-13-17-29-76)63(102)86-49(27-22-32-81-74(79)80)65(104)85-48(26-15-19-31-78)66(105)89-58(42(7)8)70(109)91-57(41(5)6)68(107)88-50(73(112)113)38-114-53-35-54(98)94(72(53)111)34-21-20-33-93-36-52(97)61(100)60(99)51(93)37-95/h39-43,45-53,55-61,95,97,99-100H,12-38,75-78H2,1-11H3,(H,82,96)(H,83,101)(H,84,103)(H,85,104)(H,86,102)(H,87,106)(H,88,107)(H,89,105)(H,90,110)(H,91,109)(H,92,108)(H,112,113)(H4,79,80,81)/p+4/t45?,46?,47?,48?,49?,50?,51-,52-,53?,55?,56?,57?,58?,59?,60-,61-/m1/s1. The molecule has 0 aliphatic carbocycles. The number of carboxylic acid groups (broad SMARTS) is 1. The lowest BCUT2D eigenvalue weighted by atomic mass is 9.94. The molecule has 114 heavy (non-hydrogen) atoms. The van der Waals surface area contributed by atoms with Crippen molar-refractivity contribution in [1.29, 1.82) is 0 Å². The van der Waals surface area contributed by atoms with E-state index in [2.05, 4.69) is 86.4 Å². The smallest absolute Gasteiger partial charge is 0.327 e. The van der Waals surface area contributed by atoms with Crippen LogP contribution in [-0.4, -0.2) is 285 Å². The summed E-state index contributed by atoms with van der Waals surface area (Å²) in [6.45, 7) is 19.6. The number of nitrogens with two attached hydrogens (primary N) is 2. The number of thioether (sulfide) groups is 1.